The van der Waals surface area contributed by atoms with Crippen molar-refractivity contribution in [1.82, 2.24) is 10.6 Å². The first kappa shape index (κ1) is 18.3. The second kappa shape index (κ2) is 9.30. The molecule has 1 aliphatic heterocycles. The summed E-state index contributed by atoms with van der Waals surface area (Å²) in [7, 11) is 0. The third kappa shape index (κ3) is 5.25. The van der Waals surface area contributed by atoms with Crippen molar-refractivity contribution in [3.05, 3.63) is 65.7 Å². The van der Waals surface area contributed by atoms with Crippen LogP contribution in [0.4, 0.5) is 0 Å². The Balaban J connectivity index is 0.00000208. The maximum absolute atomic E-state index is 12.1. The molecule has 2 aromatic rings. The van der Waals surface area contributed by atoms with Gasteiger partial charge in [-0.25, -0.2) is 0 Å². The van der Waals surface area contributed by atoms with Crippen LogP contribution in [0.2, 0.25) is 0 Å². The van der Waals surface area contributed by atoms with E-state index in [9.17, 15) is 4.79 Å². The number of hydrogen-bond acceptors (Lipinski definition) is 3. The lowest BCUT2D eigenvalue weighted by Crippen LogP contribution is -2.37. The number of benzene rings is 2. The van der Waals surface area contributed by atoms with Gasteiger partial charge in [0.2, 0.25) is 0 Å². The summed E-state index contributed by atoms with van der Waals surface area (Å²) in [5.74, 6) is 0.826. The van der Waals surface area contributed by atoms with E-state index in [1.54, 1.807) is 0 Å². The molecule has 128 valence electrons. The fourth-order valence-electron chi connectivity index (χ4n) is 2.68. The van der Waals surface area contributed by atoms with Crippen LogP contribution in [0, 0.1) is 0 Å². The first-order valence-corrected chi connectivity index (χ1v) is 8.09. The summed E-state index contributed by atoms with van der Waals surface area (Å²) in [4.78, 5) is 12.1. The lowest BCUT2D eigenvalue weighted by Gasteiger charge is -2.12. The van der Waals surface area contributed by atoms with Gasteiger partial charge in [-0.1, -0.05) is 30.3 Å². The van der Waals surface area contributed by atoms with Gasteiger partial charge in [0.1, 0.15) is 12.4 Å². The van der Waals surface area contributed by atoms with Crippen LogP contribution in [-0.2, 0) is 6.61 Å². The molecule has 1 heterocycles. The molecule has 0 bridgehead atoms. The number of carbonyl (C=O) groups excluding carboxylic acids is 1. The molecule has 0 aliphatic carbocycles. The Kier molecular flexibility index (Phi) is 7.09. The normalized spacial score (nSPS) is 16.2. The van der Waals surface area contributed by atoms with E-state index in [0.29, 0.717) is 24.8 Å². The second-order valence-corrected chi connectivity index (χ2v) is 5.80. The van der Waals surface area contributed by atoms with Crippen molar-refractivity contribution in [2.45, 2.75) is 25.5 Å². The smallest absolute Gasteiger partial charge is 0.251 e. The molecule has 1 amide bonds. The highest BCUT2D eigenvalue weighted by molar-refractivity contribution is 5.94. The molecule has 3 rings (SSSR count). The zero-order chi connectivity index (χ0) is 15.9. The fraction of sp³-hybridized carbons (Fsp3) is 0.316. The molecular weight excluding hydrogens is 324 g/mol. The van der Waals surface area contributed by atoms with Crippen molar-refractivity contribution in [3.63, 3.8) is 0 Å². The van der Waals surface area contributed by atoms with Gasteiger partial charge in [-0.3, -0.25) is 4.79 Å². The molecule has 1 atom stereocenters. The van der Waals surface area contributed by atoms with Crippen LogP contribution in [0.15, 0.2) is 54.6 Å². The minimum atomic E-state index is -0.0192. The van der Waals surface area contributed by atoms with E-state index in [1.165, 1.54) is 6.42 Å². The van der Waals surface area contributed by atoms with Crippen LogP contribution >= 0.6 is 12.4 Å². The summed E-state index contributed by atoms with van der Waals surface area (Å²) >= 11 is 0. The average Bonchev–Trinajstić information content (AvgIpc) is 3.13. The van der Waals surface area contributed by atoms with Gasteiger partial charge in [-0.05, 0) is 49.2 Å². The van der Waals surface area contributed by atoms with E-state index in [1.807, 2.05) is 54.6 Å². The lowest BCUT2D eigenvalue weighted by molar-refractivity contribution is 0.0950. The Hall–Kier alpha value is -2.04. The van der Waals surface area contributed by atoms with Crippen molar-refractivity contribution >= 4 is 18.3 Å². The topological polar surface area (TPSA) is 50.4 Å². The maximum atomic E-state index is 12.1. The third-order valence-electron chi connectivity index (χ3n) is 4.04. The Morgan fingerprint density at radius 3 is 2.54 bits per heavy atom. The number of nitrogens with one attached hydrogen (secondary N) is 2. The van der Waals surface area contributed by atoms with Gasteiger partial charge < -0.3 is 15.4 Å². The van der Waals surface area contributed by atoms with Crippen molar-refractivity contribution in [2.75, 3.05) is 13.1 Å². The van der Waals surface area contributed by atoms with Gasteiger partial charge in [0.15, 0.2) is 0 Å². The molecule has 5 heteroatoms. The molecule has 1 unspecified atom stereocenters. The summed E-state index contributed by atoms with van der Waals surface area (Å²) in [5.41, 5.74) is 1.73. The number of amides is 1. The number of halogens is 1. The highest BCUT2D eigenvalue weighted by atomic mass is 35.5. The zero-order valence-corrected chi connectivity index (χ0v) is 14.4. The Morgan fingerprint density at radius 2 is 1.88 bits per heavy atom. The van der Waals surface area contributed by atoms with Crippen LogP contribution in [-0.4, -0.2) is 25.0 Å². The van der Waals surface area contributed by atoms with E-state index in [4.69, 9.17) is 4.74 Å². The standard InChI is InChI=1S/C19H22N2O2.ClH/c22-19(21-13-17-5-4-12-20-17)16-10-8-15(9-11-16)14-23-18-6-2-1-3-7-18;/h1-3,6-11,17,20H,4-5,12-14H2,(H,21,22);1H. The first-order valence-electron chi connectivity index (χ1n) is 8.09. The van der Waals surface area contributed by atoms with E-state index >= 15 is 0 Å². The molecule has 2 aromatic carbocycles. The van der Waals surface area contributed by atoms with Gasteiger partial charge in [-0.2, -0.15) is 0 Å². The monoisotopic (exact) mass is 346 g/mol. The molecule has 0 aromatic heterocycles. The number of para-hydroxylation sites is 1. The van der Waals surface area contributed by atoms with Crippen LogP contribution in [0.5, 0.6) is 5.75 Å². The zero-order valence-electron chi connectivity index (χ0n) is 13.5. The van der Waals surface area contributed by atoms with Crippen molar-refractivity contribution in [1.29, 1.82) is 0 Å². The van der Waals surface area contributed by atoms with E-state index in [0.717, 1.165) is 24.3 Å². The molecule has 24 heavy (non-hydrogen) atoms. The molecule has 1 aliphatic rings. The summed E-state index contributed by atoms with van der Waals surface area (Å²) in [6.45, 7) is 2.24. The molecule has 0 radical (unpaired) electrons. The van der Waals surface area contributed by atoms with Crippen molar-refractivity contribution in [3.8, 4) is 5.75 Å². The van der Waals surface area contributed by atoms with Crippen LogP contribution in [0.1, 0.15) is 28.8 Å². The van der Waals surface area contributed by atoms with Gasteiger partial charge in [0.05, 0.1) is 0 Å². The summed E-state index contributed by atoms with van der Waals surface area (Å²) in [6, 6.07) is 17.7. The highest BCUT2D eigenvalue weighted by Gasteiger charge is 2.15. The molecular formula is C19H23ClN2O2. The average molecular weight is 347 g/mol. The molecule has 0 saturated carbocycles. The molecule has 1 saturated heterocycles. The molecule has 2 N–H and O–H groups in total. The summed E-state index contributed by atoms with van der Waals surface area (Å²) in [6.07, 6.45) is 2.33. The van der Waals surface area contributed by atoms with Crippen LogP contribution < -0.4 is 15.4 Å². The predicted octanol–water partition coefficient (Wildman–Crippen LogP) is 3.17. The fourth-order valence-corrected chi connectivity index (χ4v) is 2.68. The quantitative estimate of drug-likeness (QED) is 0.844. The van der Waals surface area contributed by atoms with Gasteiger partial charge in [-0.15, -0.1) is 12.4 Å². The second-order valence-electron chi connectivity index (χ2n) is 5.80. The Morgan fingerprint density at radius 1 is 1.12 bits per heavy atom. The van der Waals surface area contributed by atoms with Gasteiger partial charge in [0, 0.05) is 18.2 Å². The molecule has 0 spiro atoms. The summed E-state index contributed by atoms with van der Waals surface area (Å²) in [5, 5.41) is 6.36. The number of carbonyl (C=O) groups is 1. The van der Waals surface area contributed by atoms with Gasteiger partial charge in [0.25, 0.3) is 5.91 Å². The van der Waals surface area contributed by atoms with E-state index in [-0.39, 0.29) is 18.3 Å². The number of ether oxygens (including phenoxy) is 1. The molecule has 1 fully saturated rings. The SMILES string of the molecule is Cl.O=C(NCC1CCCN1)c1ccc(COc2ccccc2)cc1. The lowest BCUT2D eigenvalue weighted by atomic mass is 10.1. The number of rotatable bonds is 6. The summed E-state index contributed by atoms with van der Waals surface area (Å²) < 4.78 is 5.70. The van der Waals surface area contributed by atoms with Gasteiger partial charge >= 0.3 is 0 Å². The van der Waals surface area contributed by atoms with E-state index in [2.05, 4.69) is 10.6 Å². The highest BCUT2D eigenvalue weighted by Crippen LogP contribution is 2.12. The largest absolute Gasteiger partial charge is 0.489 e. The van der Waals surface area contributed by atoms with Crippen molar-refractivity contribution in [2.24, 2.45) is 0 Å². The van der Waals surface area contributed by atoms with Crippen LogP contribution in [0.25, 0.3) is 0 Å². The maximum Gasteiger partial charge on any atom is 0.251 e. The van der Waals surface area contributed by atoms with E-state index < -0.39 is 0 Å². The predicted molar refractivity (Wildman–Crippen MR) is 97.8 cm³/mol. The molecule has 4 nitrogen and oxygen atoms in total. The minimum Gasteiger partial charge on any atom is -0.489 e. The minimum absolute atomic E-state index is 0. The van der Waals surface area contributed by atoms with Crippen LogP contribution in [0.3, 0.4) is 0 Å². The van der Waals surface area contributed by atoms with Crippen molar-refractivity contribution < 1.29 is 9.53 Å². The Labute approximate surface area is 149 Å². The Bertz CT molecular complexity index is 626. The third-order valence-corrected chi connectivity index (χ3v) is 4.04. The number of hydrogen-bond donors (Lipinski definition) is 2. The first-order chi connectivity index (χ1) is 11.3.